The molecule has 1 N–H and O–H groups in total. The summed E-state index contributed by atoms with van der Waals surface area (Å²) in [5, 5.41) is 3.70. The summed E-state index contributed by atoms with van der Waals surface area (Å²) in [4.78, 5) is 8.80. The van der Waals surface area contributed by atoms with Crippen molar-refractivity contribution in [2.75, 3.05) is 5.32 Å². The summed E-state index contributed by atoms with van der Waals surface area (Å²) in [5.41, 5.74) is 0.762. The molecule has 1 aromatic rings. The van der Waals surface area contributed by atoms with E-state index >= 15 is 0 Å². The van der Waals surface area contributed by atoms with Gasteiger partial charge in [-0.25, -0.2) is 9.97 Å². The van der Waals surface area contributed by atoms with Crippen LogP contribution in [0.4, 0.5) is 5.82 Å². The third-order valence-electron chi connectivity index (χ3n) is 5.37. The lowest BCUT2D eigenvalue weighted by atomic mass is 9.68. The molecule has 3 unspecified atom stereocenters. The number of fused-ring (bicyclic) bond motifs is 2. The largest absolute Gasteiger partial charge is 0.366 e. The highest BCUT2D eigenvalue weighted by atomic mass is 79.9. The lowest BCUT2D eigenvalue weighted by Crippen LogP contribution is -2.46. The first-order valence-corrected chi connectivity index (χ1v) is 7.88. The molecule has 0 amide bonds. The Labute approximate surface area is 123 Å². The van der Waals surface area contributed by atoms with Crippen LogP contribution in [-0.4, -0.2) is 16.0 Å². The predicted molar refractivity (Wildman–Crippen MR) is 81.1 cm³/mol. The van der Waals surface area contributed by atoms with E-state index in [2.05, 4.69) is 52.0 Å². The van der Waals surface area contributed by atoms with E-state index in [-0.39, 0.29) is 0 Å². The molecule has 3 atom stereocenters. The number of nitrogens with one attached hydrogen (secondary N) is 1. The average Bonchev–Trinajstić information content (AvgIpc) is 2.74. The molecule has 2 saturated carbocycles. The number of rotatable bonds is 2. The smallest absolute Gasteiger partial charge is 0.131 e. The summed E-state index contributed by atoms with van der Waals surface area (Å²) in [7, 11) is 0. The van der Waals surface area contributed by atoms with Crippen molar-refractivity contribution in [3.8, 4) is 0 Å². The maximum Gasteiger partial charge on any atom is 0.131 e. The van der Waals surface area contributed by atoms with Crippen LogP contribution >= 0.6 is 15.9 Å². The fraction of sp³-hybridized carbons (Fsp3) is 0.733. The van der Waals surface area contributed by atoms with E-state index in [4.69, 9.17) is 0 Å². The zero-order chi connectivity index (χ0) is 13.8. The molecule has 2 aliphatic carbocycles. The van der Waals surface area contributed by atoms with Crippen molar-refractivity contribution in [2.24, 2.45) is 16.7 Å². The van der Waals surface area contributed by atoms with Gasteiger partial charge in [0.25, 0.3) is 0 Å². The summed E-state index contributed by atoms with van der Waals surface area (Å²) in [6.45, 7) is 9.18. The van der Waals surface area contributed by atoms with Gasteiger partial charge in [-0.1, -0.05) is 20.8 Å². The van der Waals surface area contributed by atoms with Crippen LogP contribution in [-0.2, 0) is 0 Å². The van der Waals surface area contributed by atoms with E-state index in [0.717, 1.165) is 22.2 Å². The number of nitrogens with zero attached hydrogens (tertiary/aromatic N) is 2. The molecule has 3 rings (SSSR count). The zero-order valence-electron chi connectivity index (χ0n) is 12.1. The molecule has 0 saturated heterocycles. The maximum atomic E-state index is 4.53. The number of aromatic nitrogens is 2. The Hall–Kier alpha value is -0.640. The highest BCUT2D eigenvalue weighted by Crippen LogP contribution is 2.63. The van der Waals surface area contributed by atoms with E-state index in [1.54, 1.807) is 0 Å². The number of hydrogen-bond donors (Lipinski definition) is 1. The molecule has 1 heterocycles. The van der Waals surface area contributed by atoms with Crippen molar-refractivity contribution in [1.29, 1.82) is 0 Å². The fourth-order valence-electron chi connectivity index (χ4n) is 4.42. The van der Waals surface area contributed by atoms with Gasteiger partial charge in [-0.05, 0) is 58.9 Å². The van der Waals surface area contributed by atoms with E-state index in [0.29, 0.717) is 16.9 Å². The van der Waals surface area contributed by atoms with E-state index < -0.39 is 0 Å². The minimum Gasteiger partial charge on any atom is -0.366 e. The molecule has 104 valence electrons. The average molecular weight is 324 g/mol. The van der Waals surface area contributed by atoms with Crippen LogP contribution in [0.3, 0.4) is 0 Å². The van der Waals surface area contributed by atoms with Gasteiger partial charge in [0.05, 0.1) is 0 Å². The van der Waals surface area contributed by atoms with Gasteiger partial charge in [-0.3, -0.25) is 0 Å². The quantitative estimate of drug-likeness (QED) is 0.830. The Bertz CT molecular complexity index is 489. The monoisotopic (exact) mass is 323 g/mol. The predicted octanol–water partition coefficient (Wildman–Crippen LogP) is 4.17. The van der Waals surface area contributed by atoms with E-state index in [1.807, 2.05) is 13.0 Å². The lowest BCUT2D eigenvalue weighted by Gasteiger charge is -2.43. The van der Waals surface area contributed by atoms with Gasteiger partial charge in [0.1, 0.15) is 16.2 Å². The molecule has 1 aromatic heterocycles. The first kappa shape index (κ1) is 13.3. The van der Waals surface area contributed by atoms with Gasteiger partial charge in [0.15, 0.2) is 0 Å². The highest BCUT2D eigenvalue weighted by molar-refractivity contribution is 9.10. The number of hydrogen-bond acceptors (Lipinski definition) is 3. The van der Waals surface area contributed by atoms with E-state index in [9.17, 15) is 0 Å². The van der Waals surface area contributed by atoms with Crippen LogP contribution in [0.5, 0.6) is 0 Å². The Kier molecular flexibility index (Phi) is 2.93. The normalized spacial score (nSPS) is 35.6. The van der Waals surface area contributed by atoms with Crippen LogP contribution in [0.2, 0.25) is 0 Å². The summed E-state index contributed by atoms with van der Waals surface area (Å²) in [5.74, 6) is 2.61. The van der Waals surface area contributed by atoms with Crippen molar-refractivity contribution in [1.82, 2.24) is 9.97 Å². The molecule has 4 heteroatoms. The van der Waals surface area contributed by atoms with Crippen molar-refractivity contribution < 1.29 is 0 Å². The topological polar surface area (TPSA) is 37.8 Å². The van der Waals surface area contributed by atoms with Crippen LogP contribution in [0.15, 0.2) is 10.7 Å². The van der Waals surface area contributed by atoms with Crippen molar-refractivity contribution in [3.63, 3.8) is 0 Å². The summed E-state index contributed by atoms with van der Waals surface area (Å²) >= 11 is 3.45. The van der Waals surface area contributed by atoms with Crippen molar-refractivity contribution in [2.45, 2.75) is 53.0 Å². The van der Waals surface area contributed by atoms with Crippen LogP contribution in [0.1, 0.15) is 45.9 Å². The molecule has 19 heavy (non-hydrogen) atoms. The first-order chi connectivity index (χ1) is 8.81. The highest BCUT2D eigenvalue weighted by Gasteiger charge is 2.59. The second-order valence-electron chi connectivity index (χ2n) is 7.12. The Morgan fingerprint density at radius 3 is 2.63 bits per heavy atom. The second-order valence-corrected chi connectivity index (χ2v) is 7.93. The summed E-state index contributed by atoms with van der Waals surface area (Å²) < 4.78 is 0.855. The molecule has 0 aliphatic heterocycles. The Morgan fingerprint density at radius 1 is 1.32 bits per heavy atom. The van der Waals surface area contributed by atoms with Crippen LogP contribution in [0, 0.1) is 23.7 Å². The molecule has 0 spiro atoms. The molecule has 2 bridgehead atoms. The van der Waals surface area contributed by atoms with Gasteiger partial charge in [-0.15, -0.1) is 0 Å². The van der Waals surface area contributed by atoms with Crippen molar-refractivity contribution in [3.05, 3.63) is 16.5 Å². The van der Waals surface area contributed by atoms with Gasteiger partial charge in [0.2, 0.25) is 0 Å². The number of aryl methyl sites for hydroxylation is 1. The molecule has 3 nitrogen and oxygen atoms in total. The lowest BCUT2D eigenvalue weighted by molar-refractivity contribution is 0.155. The van der Waals surface area contributed by atoms with Gasteiger partial charge >= 0.3 is 0 Å². The SMILES string of the molecule is Cc1nc(Br)cc(NC2C3(C)CCC(C3)C2(C)C)n1. The maximum absolute atomic E-state index is 4.53. The Morgan fingerprint density at radius 2 is 2.05 bits per heavy atom. The molecule has 0 aromatic carbocycles. The minimum absolute atomic E-state index is 0.346. The third kappa shape index (κ3) is 2.08. The van der Waals surface area contributed by atoms with Crippen molar-refractivity contribution >= 4 is 21.7 Å². The molecule has 0 radical (unpaired) electrons. The summed E-state index contributed by atoms with van der Waals surface area (Å²) in [6.07, 6.45) is 4.07. The number of anilines is 1. The molecule has 2 fully saturated rings. The Balaban J connectivity index is 1.90. The first-order valence-electron chi connectivity index (χ1n) is 7.09. The van der Waals surface area contributed by atoms with E-state index in [1.165, 1.54) is 19.3 Å². The number of halogens is 1. The molecular weight excluding hydrogens is 302 g/mol. The molecular formula is C15H22BrN3. The standard InChI is InChI=1S/C15H22BrN3/c1-9-17-11(16)7-12(18-9)19-13-14(2,3)10-5-6-15(13,4)8-10/h7,10,13H,5-6,8H2,1-4H3,(H,17,18,19). The zero-order valence-corrected chi connectivity index (χ0v) is 13.7. The molecule has 2 aliphatic rings. The van der Waals surface area contributed by atoms with Crippen LogP contribution in [0.25, 0.3) is 0 Å². The second kappa shape index (κ2) is 4.18. The van der Waals surface area contributed by atoms with Gasteiger partial charge in [-0.2, -0.15) is 0 Å². The van der Waals surface area contributed by atoms with Gasteiger partial charge < -0.3 is 5.32 Å². The third-order valence-corrected chi connectivity index (χ3v) is 5.77. The minimum atomic E-state index is 0.346. The fourth-order valence-corrected chi connectivity index (χ4v) is 4.89. The van der Waals surface area contributed by atoms with Gasteiger partial charge in [0, 0.05) is 12.1 Å². The van der Waals surface area contributed by atoms with Crippen LogP contribution < -0.4 is 5.32 Å². The summed E-state index contributed by atoms with van der Waals surface area (Å²) in [6, 6.07) is 2.48.